The highest BCUT2D eigenvalue weighted by Gasteiger charge is 2.58. The number of fused-ring (bicyclic) bond motifs is 2. The zero-order valence-corrected chi connectivity index (χ0v) is 19.2. The number of nitrogens with zero attached hydrogens (tertiary/aromatic N) is 3. The highest BCUT2D eigenvalue weighted by molar-refractivity contribution is 5.98. The summed E-state index contributed by atoms with van der Waals surface area (Å²) in [7, 11) is 0. The van der Waals surface area contributed by atoms with Crippen LogP contribution in [0.1, 0.15) is 55.6 Å². The van der Waals surface area contributed by atoms with E-state index >= 15 is 0 Å². The molecule has 4 saturated carbocycles. The summed E-state index contributed by atoms with van der Waals surface area (Å²) in [6.07, 6.45) is 11.0. The first-order valence-electron chi connectivity index (χ1n) is 12.5. The van der Waals surface area contributed by atoms with E-state index in [0.717, 1.165) is 48.8 Å². The van der Waals surface area contributed by atoms with Gasteiger partial charge in [0.05, 0.1) is 23.0 Å². The second-order valence-electron chi connectivity index (χ2n) is 10.6. The smallest absolute Gasteiger partial charge is 0.316 e. The lowest BCUT2D eigenvalue weighted by Crippen LogP contribution is -2.59. The number of hydrogen-bond donors (Lipinski definition) is 5. The molecule has 182 valence electrons. The second kappa shape index (κ2) is 7.63. The van der Waals surface area contributed by atoms with Crippen LogP contribution in [0.15, 0.2) is 34.6 Å². The van der Waals surface area contributed by atoms with Crippen molar-refractivity contribution in [2.24, 2.45) is 11.8 Å². The minimum Gasteiger partial charge on any atom is -0.393 e. The number of hydrogen-bond acceptors (Lipinski definition) is 8. The van der Waals surface area contributed by atoms with Crippen LogP contribution in [0.5, 0.6) is 0 Å². The third-order valence-electron chi connectivity index (χ3n) is 8.41. The molecule has 0 aliphatic heterocycles. The molecule has 3 heterocycles. The SMILES string of the molecule is O=C(N[C@H]1CC[C@H](O)CC1)c1nc(-c2cnc3[nH]ccc3c2N[C@@H]2C=C3C4C[C@@H]2C[C@]3(O)C4)no1. The highest BCUT2D eigenvalue weighted by atomic mass is 16.5. The number of H-pyrrole nitrogens is 1. The van der Waals surface area contributed by atoms with Crippen LogP contribution in [-0.2, 0) is 0 Å². The first kappa shape index (κ1) is 21.1. The van der Waals surface area contributed by atoms with E-state index in [-0.39, 0.29) is 24.1 Å². The van der Waals surface area contributed by atoms with Crippen LogP contribution in [0.2, 0.25) is 0 Å². The lowest BCUT2D eigenvalue weighted by atomic mass is 9.50. The van der Waals surface area contributed by atoms with Crippen molar-refractivity contribution in [1.29, 1.82) is 0 Å². The number of amides is 1. The number of carbonyl (C=O) groups is 1. The summed E-state index contributed by atoms with van der Waals surface area (Å²) in [4.78, 5) is 24.8. The minimum atomic E-state index is -0.595. The summed E-state index contributed by atoms with van der Waals surface area (Å²) in [6.45, 7) is 0. The number of pyridine rings is 1. The molecule has 1 unspecified atom stereocenters. The predicted molar refractivity (Wildman–Crippen MR) is 126 cm³/mol. The van der Waals surface area contributed by atoms with E-state index in [9.17, 15) is 15.0 Å². The van der Waals surface area contributed by atoms with Gasteiger partial charge in [-0.05, 0) is 68.4 Å². The molecule has 0 saturated heterocycles. The van der Waals surface area contributed by atoms with E-state index in [2.05, 4.69) is 36.8 Å². The molecule has 0 radical (unpaired) electrons. The fraction of sp³-hybridized carbons (Fsp3) is 0.520. The van der Waals surface area contributed by atoms with Crippen molar-refractivity contribution < 1.29 is 19.5 Å². The Morgan fingerprint density at radius 1 is 1.23 bits per heavy atom. The molecule has 0 aromatic carbocycles. The average Bonchev–Trinajstić information content (AvgIpc) is 3.52. The first-order valence-corrected chi connectivity index (χ1v) is 12.5. The molecule has 5 N–H and O–H groups in total. The lowest BCUT2D eigenvalue weighted by molar-refractivity contribution is -0.0776. The zero-order valence-electron chi connectivity index (χ0n) is 19.2. The Labute approximate surface area is 201 Å². The molecule has 10 heteroatoms. The number of aliphatic hydroxyl groups is 2. The summed E-state index contributed by atoms with van der Waals surface area (Å²) in [5.74, 6) is 0.672. The van der Waals surface area contributed by atoms with Gasteiger partial charge in [-0.3, -0.25) is 4.79 Å². The van der Waals surface area contributed by atoms with Gasteiger partial charge in [0.2, 0.25) is 5.82 Å². The molecular weight excluding hydrogens is 448 g/mol. The average molecular weight is 477 g/mol. The van der Waals surface area contributed by atoms with E-state index in [1.165, 1.54) is 5.57 Å². The van der Waals surface area contributed by atoms with E-state index in [1.54, 1.807) is 6.20 Å². The Kier molecular flexibility index (Phi) is 4.59. The molecule has 6 aliphatic rings. The monoisotopic (exact) mass is 476 g/mol. The number of aliphatic hydroxyl groups excluding tert-OH is 1. The van der Waals surface area contributed by atoms with Crippen LogP contribution in [0.25, 0.3) is 22.4 Å². The normalized spacial score (nSPS) is 33.3. The second-order valence-corrected chi connectivity index (χ2v) is 10.6. The molecule has 4 atom stereocenters. The van der Waals surface area contributed by atoms with Crippen molar-refractivity contribution in [2.45, 2.75) is 68.7 Å². The number of anilines is 1. The highest BCUT2D eigenvalue weighted by Crippen LogP contribution is 2.60. The molecule has 4 fully saturated rings. The van der Waals surface area contributed by atoms with Crippen LogP contribution in [-0.4, -0.2) is 60.0 Å². The van der Waals surface area contributed by atoms with Crippen molar-refractivity contribution in [3.05, 3.63) is 36.0 Å². The molecule has 4 bridgehead atoms. The van der Waals surface area contributed by atoms with Crippen LogP contribution in [0.4, 0.5) is 5.69 Å². The number of carbonyl (C=O) groups excluding carboxylic acids is 1. The van der Waals surface area contributed by atoms with Gasteiger partial charge in [-0.2, -0.15) is 4.98 Å². The van der Waals surface area contributed by atoms with Crippen LogP contribution < -0.4 is 10.6 Å². The zero-order chi connectivity index (χ0) is 23.7. The van der Waals surface area contributed by atoms with Gasteiger partial charge in [-0.1, -0.05) is 11.2 Å². The third kappa shape index (κ3) is 3.38. The Bertz CT molecular complexity index is 1340. The fourth-order valence-corrected chi connectivity index (χ4v) is 6.62. The Morgan fingerprint density at radius 3 is 2.86 bits per heavy atom. The fourth-order valence-electron chi connectivity index (χ4n) is 6.62. The molecule has 9 rings (SSSR count). The molecule has 35 heavy (non-hydrogen) atoms. The lowest BCUT2D eigenvalue weighted by Gasteiger charge is -2.59. The van der Waals surface area contributed by atoms with Gasteiger partial charge in [0.15, 0.2) is 0 Å². The standard InChI is InChI=1S/C25H28N6O4/c32-15-3-1-14(2-4-15)28-23(33)24-30-22(31-35-24)17-11-27-21-16(5-6-26-21)20(17)29-19-8-18-12-7-13(19)10-25(18,34)9-12/h5-6,8,11-15,19,32,34H,1-4,7,9-10H2,(H,28,33)(H2,26,27,29)/t12?,13-,14-,15-,19-,25-/m1/s1. The topological polar surface area (TPSA) is 149 Å². The maximum Gasteiger partial charge on any atom is 0.316 e. The van der Waals surface area contributed by atoms with E-state index in [1.807, 2.05) is 12.3 Å². The van der Waals surface area contributed by atoms with Gasteiger partial charge in [0.1, 0.15) is 5.65 Å². The van der Waals surface area contributed by atoms with Gasteiger partial charge < -0.3 is 30.4 Å². The van der Waals surface area contributed by atoms with Gasteiger partial charge in [-0.25, -0.2) is 4.98 Å². The van der Waals surface area contributed by atoms with Crippen LogP contribution in [0, 0.1) is 11.8 Å². The quantitative estimate of drug-likeness (QED) is 0.353. The summed E-state index contributed by atoms with van der Waals surface area (Å²) in [5.41, 5.74) is 2.81. The minimum absolute atomic E-state index is 0.00728. The van der Waals surface area contributed by atoms with E-state index in [0.29, 0.717) is 36.1 Å². The van der Waals surface area contributed by atoms with Crippen molar-refractivity contribution in [2.75, 3.05) is 5.32 Å². The number of aromatic nitrogens is 4. The van der Waals surface area contributed by atoms with Crippen molar-refractivity contribution in [3.8, 4) is 11.4 Å². The molecule has 1 amide bonds. The van der Waals surface area contributed by atoms with Gasteiger partial charge in [0, 0.05) is 29.9 Å². The molecule has 0 spiro atoms. The Hall–Kier alpha value is -3.24. The Morgan fingerprint density at radius 2 is 2.09 bits per heavy atom. The number of rotatable bonds is 5. The largest absolute Gasteiger partial charge is 0.393 e. The van der Waals surface area contributed by atoms with Crippen molar-refractivity contribution in [3.63, 3.8) is 0 Å². The molecule has 3 aromatic heterocycles. The van der Waals surface area contributed by atoms with Crippen molar-refractivity contribution in [1.82, 2.24) is 25.4 Å². The number of nitrogens with one attached hydrogen (secondary N) is 3. The predicted octanol–water partition coefficient (Wildman–Crippen LogP) is 2.53. The maximum atomic E-state index is 12.7. The third-order valence-corrected chi connectivity index (χ3v) is 8.41. The van der Waals surface area contributed by atoms with E-state index < -0.39 is 11.5 Å². The van der Waals surface area contributed by atoms with Crippen molar-refractivity contribution >= 4 is 22.6 Å². The van der Waals surface area contributed by atoms with Crippen LogP contribution in [0.3, 0.4) is 0 Å². The molecular formula is C25H28N6O4. The maximum absolute atomic E-state index is 12.7. The first-order chi connectivity index (χ1) is 17.0. The summed E-state index contributed by atoms with van der Waals surface area (Å²) >= 11 is 0. The number of aromatic amines is 1. The van der Waals surface area contributed by atoms with Gasteiger partial charge in [-0.15, -0.1) is 0 Å². The van der Waals surface area contributed by atoms with Gasteiger partial charge in [0.25, 0.3) is 0 Å². The summed E-state index contributed by atoms with van der Waals surface area (Å²) < 4.78 is 5.33. The summed E-state index contributed by atoms with van der Waals surface area (Å²) in [6, 6.07) is 2.04. The van der Waals surface area contributed by atoms with Gasteiger partial charge >= 0.3 is 11.8 Å². The molecule has 10 nitrogen and oxygen atoms in total. The molecule has 6 aliphatic carbocycles. The summed E-state index contributed by atoms with van der Waals surface area (Å²) in [5, 5.41) is 32.1. The Balaban J connectivity index is 1.17. The molecule has 3 aromatic rings. The van der Waals surface area contributed by atoms with Crippen LogP contribution >= 0.6 is 0 Å². The van der Waals surface area contributed by atoms with E-state index in [4.69, 9.17) is 4.52 Å².